The molecule has 2 amide bonds. The monoisotopic (exact) mass is 547 g/mol. The zero-order valence-electron chi connectivity index (χ0n) is 22.8. The summed E-state index contributed by atoms with van der Waals surface area (Å²) in [5.74, 6) is 0.0560. The number of carbonyl (C=O) groups is 2. The lowest BCUT2D eigenvalue weighted by Gasteiger charge is -2.36. The van der Waals surface area contributed by atoms with Gasteiger partial charge in [-0.25, -0.2) is 5.43 Å². The van der Waals surface area contributed by atoms with E-state index in [9.17, 15) is 9.59 Å². The van der Waals surface area contributed by atoms with Gasteiger partial charge in [-0.15, -0.1) is 0 Å². The summed E-state index contributed by atoms with van der Waals surface area (Å²) < 4.78 is 5.54. The van der Waals surface area contributed by atoms with Crippen molar-refractivity contribution in [2.45, 2.75) is 6.54 Å². The number of hydrazone groups is 1. The normalized spacial score (nSPS) is 13.6. The minimum absolute atomic E-state index is 0.0952. The van der Waals surface area contributed by atoms with Crippen LogP contribution in [0.4, 0.5) is 11.4 Å². The van der Waals surface area contributed by atoms with Crippen molar-refractivity contribution in [3.05, 3.63) is 126 Å². The number of hydrogen-bond acceptors (Lipinski definition) is 6. The second kappa shape index (κ2) is 13.9. The highest BCUT2D eigenvalue weighted by atomic mass is 16.5. The molecule has 5 rings (SSSR count). The van der Waals surface area contributed by atoms with Crippen molar-refractivity contribution in [1.82, 2.24) is 10.3 Å². The molecule has 1 fully saturated rings. The SMILES string of the molecule is O=C(COc1ccc(/C=N/NC(=O)c2ccc(CN3CCN(c4ccccc4)CC3)cc2)cc1)Nc1ccccc1. The van der Waals surface area contributed by atoms with Gasteiger partial charge in [-0.1, -0.05) is 48.5 Å². The minimum atomic E-state index is -0.270. The molecule has 0 atom stereocenters. The molecule has 2 N–H and O–H groups in total. The summed E-state index contributed by atoms with van der Waals surface area (Å²) in [6.45, 7) is 4.78. The molecule has 1 aliphatic heterocycles. The van der Waals surface area contributed by atoms with Gasteiger partial charge >= 0.3 is 0 Å². The van der Waals surface area contributed by atoms with Gasteiger partial charge in [-0.3, -0.25) is 14.5 Å². The van der Waals surface area contributed by atoms with E-state index in [0.29, 0.717) is 11.3 Å². The molecule has 4 aromatic rings. The Morgan fingerprint density at radius 2 is 1.44 bits per heavy atom. The van der Waals surface area contributed by atoms with Crippen LogP contribution >= 0.6 is 0 Å². The molecule has 1 heterocycles. The van der Waals surface area contributed by atoms with Crippen LogP contribution in [0.2, 0.25) is 0 Å². The van der Waals surface area contributed by atoms with Crippen LogP contribution in [0.3, 0.4) is 0 Å². The third-order valence-electron chi connectivity index (χ3n) is 6.80. The van der Waals surface area contributed by atoms with E-state index < -0.39 is 0 Å². The first-order valence-electron chi connectivity index (χ1n) is 13.6. The predicted molar refractivity (Wildman–Crippen MR) is 162 cm³/mol. The van der Waals surface area contributed by atoms with E-state index >= 15 is 0 Å². The fourth-order valence-electron chi connectivity index (χ4n) is 4.57. The smallest absolute Gasteiger partial charge is 0.271 e. The van der Waals surface area contributed by atoms with E-state index in [-0.39, 0.29) is 18.4 Å². The highest BCUT2D eigenvalue weighted by molar-refractivity contribution is 5.95. The molecule has 0 aromatic heterocycles. The molecule has 8 heteroatoms. The van der Waals surface area contributed by atoms with E-state index in [1.165, 1.54) is 11.3 Å². The standard InChI is InChI=1S/C33H33N5O3/c39-32(35-29-7-3-1-4-8-29)25-41-31-17-13-26(14-18-31)23-34-36-33(40)28-15-11-27(12-16-28)24-37-19-21-38(22-20-37)30-9-5-2-6-10-30/h1-18,23H,19-22,24-25H2,(H,35,39)(H,36,40)/b34-23+. The first kappa shape index (κ1) is 27.6. The topological polar surface area (TPSA) is 86.3 Å². The van der Waals surface area contributed by atoms with Crippen molar-refractivity contribution >= 4 is 29.4 Å². The summed E-state index contributed by atoms with van der Waals surface area (Å²) in [6, 6.07) is 34.5. The van der Waals surface area contributed by atoms with Crippen LogP contribution in [0.5, 0.6) is 5.75 Å². The van der Waals surface area contributed by atoms with Gasteiger partial charge in [-0.2, -0.15) is 5.10 Å². The predicted octanol–water partition coefficient (Wildman–Crippen LogP) is 4.79. The van der Waals surface area contributed by atoms with Crippen LogP contribution in [-0.4, -0.2) is 55.7 Å². The Labute approximate surface area is 240 Å². The Kier molecular flexibility index (Phi) is 9.37. The van der Waals surface area contributed by atoms with Gasteiger partial charge in [-0.05, 0) is 71.8 Å². The Balaban J connectivity index is 1.03. The molecule has 1 saturated heterocycles. The van der Waals surface area contributed by atoms with E-state index in [0.717, 1.165) is 44.0 Å². The van der Waals surface area contributed by atoms with E-state index in [1.54, 1.807) is 30.5 Å². The molecule has 0 radical (unpaired) electrons. The number of anilines is 2. The minimum Gasteiger partial charge on any atom is -0.484 e. The Bertz CT molecular complexity index is 1430. The molecular weight excluding hydrogens is 514 g/mol. The summed E-state index contributed by atoms with van der Waals surface area (Å²) >= 11 is 0. The molecule has 0 bridgehead atoms. The summed E-state index contributed by atoms with van der Waals surface area (Å²) in [7, 11) is 0. The maximum atomic E-state index is 12.5. The van der Waals surface area contributed by atoms with Crippen molar-refractivity contribution in [3.63, 3.8) is 0 Å². The first-order chi connectivity index (χ1) is 20.1. The number of amides is 2. The molecule has 41 heavy (non-hydrogen) atoms. The first-order valence-corrected chi connectivity index (χ1v) is 13.6. The van der Waals surface area contributed by atoms with Crippen molar-refractivity contribution < 1.29 is 14.3 Å². The lowest BCUT2D eigenvalue weighted by molar-refractivity contribution is -0.118. The van der Waals surface area contributed by atoms with Crippen LogP contribution in [0, 0.1) is 0 Å². The number of carbonyl (C=O) groups excluding carboxylic acids is 2. The third-order valence-corrected chi connectivity index (χ3v) is 6.80. The number of benzene rings is 4. The molecule has 4 aromatic carbocycles. The average Bonchev–Trinajstić information content (AvgIpc) is 3.02. The highest BCUT2D eigenvalue weighted by Gasteiger charge is 2.17. The fraction of sp³-hybridized carbons (Fsp3) is 0.182. The molecule has 1 aliphatic rings. The number of para-hydroxylation sites is 2. The second-order valence-corrected chi connectivity index (χ2v) is 9.77. The van der Waals surface area contributed by atoms with Crippen molar-refractivity contribution in [2.24, 2.45) is 5.10 Å². The van der Waals surface area contributed by atoms with E-state index in [1.807, 2.05) is 60.7 Å². The average molecular weight is 548 g/mol. The largest absolute Gasteiger partial charge is 0.484 e. The van der Waals surface area contributed by atoms with Crippen molar-refractivity contribution in [3.8, 4) is 5.75 Å². The number of rotatable bonds is 10. The van der Waals surface area contributed by atoms with E-state index in [4.69, 9.17) is 4.74 Å². The second-order valence-electron chi connectivity index (χ2n) is 9.77. The number of ether oxygens (including phenoxy) is 1. The summed E-state index contributed by atoms with van der Waals surface area (Å²) in [6.07, 6.45) is 1.56. The molecule has 208 valence electrons. The van der Waals surface area contributed by atoms with Crippen molar-refractivity contribution in [2.75, 3.05) is 43.0 Å². The van der Waals surface area contributed by atoms with Gasteiger partial charge in [0.05, 0.1) is 6.21 Å². The van der Waals surface area contributed by atoms with Gasteiger partial charge < -0.3 is 15.0 Å². The van der Waals surface area contributed by atoms with Crippen molar-refractivity contribution in [1.29, 1.82) is 0 Å². The molecule has 8 nitrogen and oxygen atoms in total. The molecule has 0 unspecified atom stereocenters. The summed E-state index contributed by atoms with van der Waals surface area (Å²) in [5, 5.41) is 6.85. The Morgan fingerprint density at radius 1 is 0.780 bits per heavy atom. The zero-order valence-corrected chi connectivity index (χ0v) is 22.8. The maximum Gasteiger partial charge on any atom is 0.271 e. The number of nitrogens with one attached hydrogen (secondary N) is 2. The van der Waals surface area contributed by atoms with Crippen LogP contribution in [0.1, 0.15) is 21.5 Å². The Hall–Kier alpha value is -4.95. The summed E-state index contributed by atoms with van der Waals surface area (Å²) in [5.41, 5.74) is 7.09. The number of hydrogen-bond donors (Lipinski definition) is 2. The highest BCUT2D eigenvalue weighted by Crippen LogP contribution is 2.17. The van der Waals surface area contributed by atoms with Gasteiger partial charge in [0.1, 0.15) is 5.75 Å². The van der Waals surface area contributed by atoms with Crippen LogP contribution in [0.25, 0.3) is 0 Å². The van der Waals surface area contributed by atoms with Gasteiger partial charge in [0, 0.05) is 49.7 Å². The quantitative estimate of drug-likeness (QED) is 0.220. The number of piperazine rings is 1. The van der Waals surface area contributed by atoms with Gasteiger partial charge in [0.2, 0.25) is 0 Å². The third kappa shape index (κ3) is 8.27. The fourth-order valence-corrected chi connectivity index (χ4v) is 4.57. The maximum absolute atomic E-state index is 12.5. The summed E-state index contributed by atoms with van der Waals surface area (Å²) in [4.78, 5) is 29.4. The Morgan fingerprint density at radius 3 is 2.12 bits per heavy atom. The molecule has 0 spiro atoms. The van der Waals surface area contributed by atoms with Gasteiger partial charge in [0.15, 0.2) is 6.61 Å². The van der Waals surface area contributed by atoms with Gasteiger partial charge in [0.25, 0.3) is 11.8 Å². The number of nitrogens with zero attached hydrogens (tertiary/aromatic N) is 3. The molecule has 0 saturated carbocycles. The molecule has 0 aliphatic carbocycles. The van der Waals surface area contributed by atoms with Crippen LogP contribution in [-0.2, 0) is 11.3 Å². The molecular formula is C33H33N5O3. The van der Waals surface area contributed by atoms with Crippen LogP contribution < -0.4 is 20.4 Å². The zero-order chi connectivity index (χ0) is 28.3. The van der Waals surface area contributed by atoms with E-state index in [2.05, 4.69) is 49.9 Å². The van der Waals surface area contributed by atoms with Crippen LogP contribution in [0.15, 0.2) is 114 Å². The lowest BCUT2D eigenvalue weighted by Crippen LogP contribution is -2.45. The lowest BCUT2D eigenvalue weighted by atomic mass is 10.1.